The lowest BCUT2D eigenvalue weighted by atomic mass is 10.2. The maximum absolute atomic E-state index is 13.5. The van der Waals surface area contributed by atoms with Crippen LogP contribution >= 0.6 is 31.9 Å². The summed E-state index contributed by atoms with van der Waals surface area (Å²) in [5.41, 5.74) is 2.77. The van der Waals surface area contributed by atoms with Crippen LogP contribution in [-0.2, 0) is 6.61 Å². The van der Waals surface area contributed by atoms with Gasteiger partial charge in [-0.25, -0.2) is 4.98 Å². The number of hydrogen-bond donors (Lipinski definition) is 0. The van der Waals surface area contributed by atoms with Gasteiger partial charge in [0, 0.05) is 25.6 Å². The van der Waals surface area contributed by atoms with E-state index < -0.39 is 0 Å². The lowest BCUT2D eigenvalue weighted by molar-refractivity contribution is 0.283. The van der Waals surface area contributed by atoms with Gasteiger partial charge in [-0.3, -0.25) is 4.79 Å². The SMILES string of the molecule is COc1cccc(C=Nn2c(-c3ccccc3)nc3ccccc3c2=O)c1OCc1ccc(Br)cc1Br. The molecule has 6 nitrogen and oxygen atoms in total. The molecule has 0 saturated carbocycles. The molecule has 0 aliphatic heterocycles. The Morgan fingerprint density at radius 3 is 2.51 bits per heavy atom. The van der Waals surface area contributed by atoms with Crippen molar-refractivity contribution in [1.29, 1.82) is 0 Å². The van der Waals surface area contributed by atoms with Crippen LogP contribution < -0.4 is 15.0 Å². The van der Waals surface area contributed by atoms with Crippen LogP contribution in [-0.4, -0.2) is 23.0 Å². The fourth-order valence-corrected chi connectivity index (χ4v) is 5.02. The Hall–Kier alpha value is -3.75. The van der Waals surface area contributed by atoms with Gasteiger partial charge in [-0.1, -0.05) is 86.5 Å². The molecule has 0 bridgehead atoms. The number of rotatable bonds is 7. The van der Waals surface area contributed by atoms with Crippen LogP contribution in [0.4, 0.5) is 0 Å². The third kappa shape index (κ3) is 5.35. The largest absolute Gasteiger partial charge is 0.493 e. The molecule has 8 heteroatoms. The first-order valence-electron chi connectivity index (χ1n) is 11.4. The lowest BCUT2D eigenvalue weighted by Gasteiger charge is -2.14. The summed E-state index contributed by atoms with van der Waals surface area (Å²) in [7, 11) is 1.59. The normalized spacial score (nSPS) is 11.2. The minimum atomic E-state index is -0.259. The van der Waals surface area contributed by atoms with E-state index in [9.17, 15) is 4.79 Å². The average molecular weight is 619 g/mol. The van der Waals surface area contributed by atoms with Crippen LogP contribution in [0.3, 0.4) is 0 Å². The third-order valence-corrected chi connectivity index (χ3v) is 6.95. The van der Waals surface area contributed by atoms with Crippen LogP contribution in [0, 0.1) is 0 Å². The van der Waals surface area contributed by atoms with Gasteiger partial charge in [-0.15, -0.1) is 0 Å². The monoisotopic (exact) mass is 617 g/mol. The van der Waals surface area contributed by atoms with E-state index in [4.69, 9.17) is 14.5 Å². The molecule has 5 aromatic rings. The van der Waals surface area contributed by atoms with Crippen molar-refractivity contribution in [3.8, 4) is 22.9 Å². The summed E-state index contributed by atoms with van der Waals surface area (Å²) in [4.78, 5) is 18.2. The van der Waals surface area contributed by atoms with E-state index in [1.54, 1.807) is 19.4 Å². The lowest BCUT2D eigenvalue weighted by Crippen LogP contribution is -2.20. The second kappa shape index (κ2) is 11.1. The smallest absolute Gasteiger partial charge is 0.282 e. The van der Waals surface area contributed by atoms with Gasteiger partial charge in [0.05, 0.1) is 24.2 Å². The van der Waals surface area contributed by atoms with E-state index in [2.05, 4.69) is 37.0 Å². The minimum absolute atomic E-state index is 0.259. The molecule has 0 radical (unpaired) electrons. The molecule has 0 N–H and O–H groups in total. The Kier molecular flexibility index (Phi) is 7.48. The van der Waals surface area contributed by atoms with Gasteiger partial charge in [-0.2, -0.15) is 9.78 Å². The van der Waals surface area contributed by atoms with Crippen molar-refractivity contribution in [2.24, 2.45) is 5.10 Å². The fraction of sp³-hybridized carbons (Fsp3) is 0.0690. The molecule has 0 fully saturated rings. The number of fused-ring (bicyclic) bond motifs is 1. The van der Waals surface area contributed by atoms with E-state index in [1.807, 2.05) is 84.9 Å². The molecular weight excluding hydrogens is 598 g/mol. The molecule has 0 saturated heterocycles. The Balaban J connectivity index is 1.58. The van der Waals surface area contributed by atoms with Gasteiger partial charge in [0.15, 0.2) is 17.3 Å². The topological polar surface area (TPSA) is 65.7 Å². The summed E-state index contributed by atoms with van der Waals surface area (Å²) in [5, 5.41) is 5.08. The van der Waals surface area contributed by atoms with Crippen molar-refractivity contribution in [3.63, 3.8) is 0 Å². The predicted octanol–water partition coefficient (Wildman–Crippen LogP) is 7.06. The first-order valence-corrected chi connectivity index (χ1v) is 13.0. The summed E-state index contributed by atoms with van der Waals surface area (Å²) in [6, 6.07) is 28.2. The van der Waals surface area contributed by atoms with Crippen molar-refractivity contribution in [3.05, 3.63) is 121 Å². The predicted molar refractivity (Wildman–Crippen MR) is 154 cm³/mol. The highest BCUT2D eigenvalue weighted by Crippen LogP contribution is 2.32. The second-order valence-corrected chi connectivity index (χ2v) is 9.85. The zero-order valence-corrected chi connectivity index (χ0v) is 22.9. The highest BCUT2D eigenvalue weighted by Gasteiger charge is 2.14. The van der Waals surface area contributed by atoms with E-state index in [1.165, 1.54) is 4.68 Å². The number of ether oxygens (including phenoxy) is 2. The number of nitrogens with zero attached hydrogens (tertiary/aromatic N) is 3. The van der Waals surface area contributed by atoms with Gasteiger partial charge in [-0.05, 0) is 36.4 Å². The molecule has 0 aliphatic rings. The maximum Gasteiger partial charge on any atom is 0.282 e. The molecule has 1 aromatic heterocycles. The zero-order chi connectivity index (χ0) is 25.8. The first-order chi connectivity index (χ1) is 18.0. The molecular formula is C29H21Br2N3O3. The van der Waals surface area contributed by atoms with Crippen molar-refractivity contribution >= 4 is 49.0 Å². The number of halogens is 2. The molecule has 1 heterocycles. The fourth-order valence-electron chi connectivity index (χ4n) is 3.86. The van der Waals surface area contributed by atoms with Gasteiger partial charge in [0.1, 0.15) is 6.61 Å². The maximum atomic E-state index is 13.5. The highest BCUT2D eigenvalue weighted by molar-refractivity contribution is 9.11. The Morgan fingerprint density at radius 2 is 1.73 bits per heavy atom. The first kappa shape index (κ1) is 24.9. The minimum Gasteiger partial charge on any atom is -0.493 e. The molecule has 0 spiro atoms. The summed E-state index contributed by atoms with van der Waals surface area (Å²) >= 11 is 7.05. The molecule has 0 unspecified atom stereocenters. The second-order valence-electron chi connectivity index (χ2n) is 8.08. The molecule has 4 aromatic carbocycles. The summed E-state index contributed by atoms with van der Waals surface area (Å²) in [6.07, 6.45) is 1.60. The molecule has 0 aliphatic carbocycles. The van der Waals surface area contributed by atoms with E-state index in [0.717, 1.165) is 20.1 Å². The van der Waals surface area contributed by atoms with Crippen LogP contribution in [0.5, 0.6) is 11.5 Å². The van der Waals surface area contributed by atoms with Crippen LogP contribution in [0.1, 0.15) is 11.1 Å². The van der Waals surface area contributed by atoms with Gasteiger partial charge < -0.3 is 9.47 Å². The molecule has 5 rings (SSSR count). The van der Waals surface area contributed by atoms with E-state index in [0.29, 0.717) is 40.4 Å². The standard InChI is InChI=1S/C29H21Br2N3O3/c1-36-26-13-7-10-20(27(26)37-18-21-14-15-22(30)16-24(21)31)17-32-34-28(19-8-3-2-4-9-19)33-25-12-6-5-11-23(25)29(34)35/h2-17H,18H2,1H3. The van der Waals surface area contributed by atoms with Crippen molar-refractivity contribution in [2.45, 2.75) is 6.61 Å². The highest BCUT2D eigenvalue weighted by atomic mass is 79.9. The number of benzene rings is 4. The number of para-hydroxylation sites is 2. The van der Waals surface area contributed by atoms with E-state index in [-0.39, 0.29) is 5.56 Å². The molecule has 184 valence electrons. The van der Waals surface area contributed by atoms with Crippen LogP contribution in [0.2, 0.25) is 0 Å². The summed E-state index contributed by atoms with van der Waals surface area (Å²) in [5.74, 6) is 1.53. The molecule has 0 atom stereocenters. The summed E-state index contributed by atoms with van der Waals surface area (Å²) < 4.78 is 15.0. The van der Waals surface area contributed by atoms with Gasteiger partial charge >= 0.3 is 0 Å². The van der Waals surface area contributed by atoms with Crippen molar-refractivity contribution < 1.29 is 9.47 Å². The van der Waals surface area contributed by atoms with Crippen LogP contribution in [0.25, 0.3) is 22.3 Å². The molecule has 37 heavy (non-hydrogen) atoms. The van der Waals surface area contributed by atoms with Crippen molar-refractivity contribution in [2.75, 3.05) is 7.11 Å². The van der Waals surface area contributed by atoms with Gasteiger partial charge in [0.2, 0.25) is 0 Å². The Morgan fingerprint density at radius 1 is 0.946 bits per heavy atom. The Labute approximate surface area is 230 Å². The summed E-state index contributed by atoms with van der Waals surface area (Å²) in [6.45, 7) is 0.307. The average Bonchev–Trinajstić information content (AvgIpc) is 2.92. The van der Waals surface area contributed by atoms with Crippen LogP contribution in [0.15, 0.2) is 110 Å². The number of hydrogen-bond acceptors (Lipinski definition) is 5. The Bertz CT molecular complexity index is 1670. The van der Waals surface area contributed by atoms with Gasteiger partial charge in [0.25, 0.3) is 5.56 Å². The number of aromatic nitrogens is 2. The quantitative estimate of drug-likeness (QED) is 0.183. The van der Waals surface area contributed by atoms with E-state index >= 15 is 0 Å². The molecule has 0 amide bonds. The van der Waals surface area contributed by atoms with Crippen molar-refractivity contribution in [1.82, 2.24) is 9.66 Å². The third-order valence-electron chi connectivity index (χ3n) is 5.71. The number of methoxy groups -OCH3 is 1. The zero-order valence-electron chi connectivity index (χ0n) is 19.8.